The number of nitrogens with zero attached hydrogens (tertiary/aromatic N) is 3. The third-order valence-corrected chi connectivity index (χ3v) is 3.87. The van der Waals surface area contributed by atoms with Gasteiger partial charge in [0.25, 0.3) is 11.6 Å². The SMILES string of the molecule is CC1CCCN(C(=O)c2cc([N+](=O)[O-])cnc2Cl)CC1. The van der Waals surface area contributed by atoms with Crippen LogP contribution in [-0.4, -0.2) is 33.8 Å². The fraction of sp³-hybridized carbons (Fsp3) is 0.538. The maximum absolute atomic E-state index is 12.4. The zero-order valence-electron chi connectivity index (χ0n) is 11.2. The van der Waals surface area contributed by atoms with Crippen LogP contribution in [0.1, 0.15) is 36.5 Å². The Morgan fingerprint density at radius 2 is 2.25 bits per heavy atom. The van der Waals surface area contributed by atoms with Gasteiger partial charge in [-0.2, -0.15) is 0 Å². The van der Waals surface area contributed by atoms with E-state index >= 15 is 0 Å². The number of pyridine rings is 1. The Kier molecular flexibility index (Phi) is 4.54. The molecule has 0 radical (unpaired) electrons. The molecule has 0 spiro atoms. The van der Waals surface area contributed by atoms with Crippen molar-refractivity contribution in [1.29, 1.82) is 0 Å². The zero-order chi connectivity index (χ0) is 14.7. The minimum Gasteiger partial charge on any atom is -0.339 e. The lowest BCUT2D eigenvalue weighted by molar-refractivity contribution is -0.385. The van der Waals surface area contributed by atoms with Crippen molar-refractivity contribution in [3.63, 3.8) is 0 Å². The first-order valence-electron chi connectivity index (χ1n) is 6.58. The summed E-state index contributed by atoms with van der Waals surface area (Å²) in [5.74, 6) is 0.312. The average Bonchev–Trinajstić information content (AvgIpc) is 2.63. The van der Waals surface area contributed by atoms with Gasteiger partial charge in [0.2, 0.25) is 0 Å². The lowest BCUT2D eigenvalue weighted by Crippen LogP contribution is -2.32. The van der Waals surface area contributed by atoms with Crippen LogP contribution >= 0.6 is 11.6 Å². The van der Waals surface area contributed by atoms with Crippen molar-refractivity contribution < 1.29 is 9.72 Å². The van der Waals surface area contributed by atoms with Gasteiger partial charge >= 0.3 is 0 Å². The second kappa shape index (κ2) is 6.17. The van der Waals surface area contributed by atoms with Gasteiger partial charge in [-0.05, 0) is 25.2 Å². The number of halogens is 1. The normalized spacial score (nSPS) is 19.5. The molecule has 0 aliphatic carbocycles. The van der Waals surface area contributed by atoms with E-state index in [2.05, 4.69) is 11.9 Å². The summed E-state index contributed by atoms with van der Waals surface area (Å²) in [5, 5.41) is 10.8. The molecule has 2 heterocycles. The van der Waals surface area contributed by atoms with Crippen molar-refractivity contribution in [2.24, 2.45) is 5.92 Å². The largest absolute Gasteiger partial charge is 0.339 e. The van der Waals surface area contributed by atoms with Crippen molar-refractivity contribution in [2.75, 3.05) is 13.1 Å². The minimum absolute atomic E-state index is 0.0119. The van der Waals surface area contributed by atoms with Crippen LogP contribution in [0.5, 0.6) is 0 Å². The van der Waals surface area contributed by atoms with Gasteiger partial charge in [0.05, 0.1) is 10.5 Å². The molecule has 7 heteroatoms. The van der Waals surface area contributed by atoms with Crippen LogP contribution < -0.4 is 0 Å². The molecule has 1 aromatic heterocycles. The van der Waals surface area contributed by atoms with Gasteiger partial charge in [-0.15, -0.1) is 0 Å². The van der Waals surface area contributed by atoms with Crippen LogP contribution in [0.4, 0.5) is 5.69 Å². The highest BCUT2D eigenvalue weighted by molar-refractivity contribution is 6.32. The van der Waals surface area contributed by atoms with Gasteiger partial charge in [0.15, 0.2) is 0 Å². The number of hydrogen-bond acceptors (Lipinski definition) is 4. The summed E-state index contributed by atoms with van der Waals surface area (Å²) in [4.78, 5) is 28.0. The summed E-state index contributed by atoms with van der Waals surface area (Å²) in [6.07, 6.45) is 4.02. The molecule has 20 heavy (non-hydrogen) atoms. The van der Waals surface area contributed by atoms with Crippen molar-refractivity contribution in [2.45, 2.75) is 26.2 Å². The fourth-order valence-corrected chi connectivity index (χ4v) is 2.51. The molecule has 1 amide bonds. The zero-order valence-corrected chi connectivity index (χ0v) is 12.0. The number of aromatic nitrogens is 1. The van der Waals surface area contributed by atoms with Gasteiger partial charge in [-0.3, -0.25) is 14.9 Å². The Labute approximate surface area is 121 Å². The predicted molar refractivity (Wildman–Crippen MR) is 74.8 cm³/mol. The molecule has 6 nitrogen and oxygen atoms in total. The van der Waals surface area contributed by atoms with E-state index in [1.54, 1.807) is 4.90 Å². The van der Waals surface area contributed by atoms with Crippen LogP contribution in [0.3, 0.4) is 0 Å². The van der Waals surface area contributed by atoms with Gasteiger partial charge in [0.1, 0.15) is 11.3 Å². The van der Waals surface area contributed by atoms with Crippen LogP contribution in [0.2, 0.25) is 5.15 Å². The van der Waals surface area contributed by atoms with Crippen LogP contribution in [0.25, 0.3) is 0 Å². The topological polar surface area (TPSA) is 76.3 Å². The molecule has 1 unspecified atom stereocenters. The molecular formula is C13H16ClN3O3. The van der Waals surface area contributed by atoms with E-state index in [4.69, 9.17) is 11.6 Å². The molecule has 0 saturated carbocycles. The molecule has 2 rings (SSSR count). The van der Waals surface area contributed by atoms with E-state index in [9.17, 15) is 14.9 Å². The lowest BCUT2D eigenvalue weighted by atomic mass is 10.0. The Balaban J connectivity index is 2.23. The van der Waals surface area contributed by atoms with Crippen LogP contribution in [0, 0.1) is 16.0 Å². The highest BCUT2D eigenvalue weighted by Crippen LogP contribution is 2.23. The summed E-state index contributed by atoms with van der Waals surface area (Å²) >= 11 is 5.90. The lowest BCUT2D eigenvalue weighted by Gasteiger charge is -2.20. The number of carbonyl (C=O) groups excluding carboxylic acids is 1. The molecular weight excluding hydrogens is 282 g/mol. The maximum atomic E-state index is 12.4. The smallest absolute Gasteiger partial charge is 0.288 e. The molecule has 0 aromatic carbocycles. The molecule has 1 atom stereocenters. The first kappa shape index (κ1) is 14.7. The number of likely N-dealkylation sites (tertiary alicyclic amines) is 1. The van der Waals surface area contributed by atoms with Gasteiger partial charge < -0.3 is 4.90 Å². The summed E-state index contributed by atoms with van der Waals surface area (Å²) < 4.78 is 0. The van der Waals surface area contributed by atoms with E-state index in [-0.39, 0.29) is 22.3 Å². The quantitative estimate of drug-likeness (QED) is 0.478. The predicted octanol–water partition coefficient (Wildman–Crippen LogP) is 2.91. The van der Waals surface area contributed by atoms with Crippen LogP contribution in [-0.2, 0) is 0 Å². The Hall–Kier alpha value is -1.69. The number of amides is 1. The summed E-state index contributed by atoms with van der Waals surface area (Å²) in [7, 11) is 0. The van der Waals surface area contributed by atoms with Gasteiger partial charge in [-0.1, -0.05) is 18.5 Å². The molecule has 1 fully saturated rings. The second-order valence-corrected chi connectivity index (χ2v) is 5.48. The third kappa shape index (κ3) is 3.25. The van der Waals surface area contributed by atoms with Crippen molar-refractivity contribution in [3.05, 3.63) is 33.1 Å². The van der Waals surface area contributed by atoms with Gasteiger partial charge in [0, 0.05) is 19.2 Å². The average molecular weight is 298 g/mol. The first-order valence-corrected chi connectivity index (χ1v) is 6.96. The van der Waals surface area contributed by atoms with E-state index in [1.165, 1.54) is 6.07 Å². The molecule has 1 aliphatic heterocycles. The fourth-order valence-electron chi connectivity index (χ4n) is 2.32. The second-order valence-electron chi connectivity index (χ2n) is 5.12. The summed E-state index contributed by atoms with van der Waals surface area (Å²) in [6.45, 7) is 3.47. The Morgan fingerprint density at radius 1 is 1.50 bits per heavy atom. The number of carbonyl (C=O) groups is 1. The summed E-state index contributed by atoms with van der Waals surface area (Å²) in [5.41, 5.74) is -0.114. The highest BCUT2D eigenvalue weighted by Gasteiger charge is 2.24. The molecule has 1 aromatic rings. The van der Waals surface area contributed by atoms with Gasteiger partial charge in [-0.25, -0.2) is 4.98 Å². The minimum atomic E-state index is -0.579. The van der Waals surface area contributed by atoms with Crippen molar-refractivity contribution in [1.82, 2.24) is 9.88 Å². The van der Waals surface area contributed by atoms with Crippen LogP contribution in [0.15, 0.2) is 12.3 Å². The molecule has 108 valence electrons. The number of hydrogen-bond donors (Lipinski definition) is 0. The highest BCUT2D eigenvalue weighted by atomic mass is 35.5. The van der Waals surface area contributed by atoms with E-state index in [0.717, 1.165) is 25.5 Å². The number of rotatable bonds is 2. The van der Waals surface area contributed by atoms with E-state index in [1.807, 2.05) is 0 Å². The van der Waals surface area contributed by atoms with Crippen molar-refractivity contribution in [3.8, 4) is 0 Å². The summed E-state index contributed by atoms with van der Waals surface area (Å²) in [6, 6.07) is 1.20. The Bertz CT molecular complexity index is 536. The van der Waals surface area contributed by atoms with E-state index in [0.29, 0.717) is 19.0 Å². The van der Waals surface area contributed by atoms with Crippen molar-refractivity contribution >= 4 is 23.2 Å². The monoisotopic (exact) mass is 297 g/mol. The molecule has 1 saturated heterocycles. The maximum Gasteiger partial charge on any atom is 0.288 e. The number of nitro groups is 1. The third-order valence-electron chi connectivity index (χ3n) is 3.57. The molecule has 0 bridgehead atoms. The molecule has 1 aliphatic rings. The van der Waals surface area contributed by atoms with E-state index < -0.39 is 4.92 Å². The standard InChI is InChI=1S/C13H16ClN3O3/c1-9-3-2-5-16(6-4-9)13(18)11-7-10(17(19)20)8-15-12(11)14/h7-9H,2-6H2,1H3. The first-order chi connectivity index (χ1) is 9.49. The Morgan fingerprint density at radius 3 is 2.95 bits per heavy atom. The molecule has 0 N–H and O–H groups in total.